The Bertz CT molecular complexity index is 414. The van der Waals surface area contributed by atoms with Gasteiger partial charge in [-0.3, -0.25) is 0 Å². The molecule has 1 aliphatic heterocycles. The average Bonchev–Trinajstić information content (AvgIpc) is 2.77. The molecule has 1 amide bonds. The molecule has 0 radical (unpaired) electrons. The van der Waals surface area contributed by atoms with Crippen LogP contribution in [0.1, 0.15) is 49.8 Å². The minimum Gasteiger partial charge on any atom is -0.465 e. The zero-order valence-electron chi connectivity index (χ0n) is 10.4. The van der Waals surface area contributed by atoms with Crippen LogP contribution in [0.5, 0.6) is 0 Å². The SMILES string of the molecule is CC(C)c1ccccc1C1CCCN1C(=O)O. The Labute approximate surface area is 102 Å². The molecule has 0 bridgehead atoms. The molecule has 1 unspecified atom stereocenters. The zero-order valence-corrected chi connectivity index (χ0v) is 10.4. The molecule has 1 fully saturated rings. The lowest BCUT2D eigenvalue weighted by Gasteiger charge is -2.25. The number of likely N-dealkylation sites (tertiary alicyclic amines) is 1. The van der Waals surface area contributed by atoms with Gasteiger partial charge >= 0.3 is 6.09 Å². The first kappa shape index (κ1) is 12.0. The minimum absolute atomic E-state index is 0.0473. The van der Waals surface area contributed by atoms with E-state index >= 15 is 0 Å². The van der Waals surface area contributed by atoms with Crippen molar-refractivity contribution in [3.05, 3.63) is 35.4 Å². The van der Waals surface area contributed by atoms with Crippen LogP contribution in [0.2, 0.25) is 0 Å². The third kappa shape index (κ3) is 2.28. The second-order valence-electron chi connectivity index (χ2n) is 4.92. The number of rotatable bonds is 2. The molecule has 1 atom stereocenters. The van der Waals surface area contributed by atoms with Crippen molar-refractivity contribution in [3.8, 4) is 0 Å². The zero-order chi connectivity index (χ0) is 12.4. The van der Waals surface area contributed by atoms with Crippen molar-refractivity contribution in [1.29, 1.82) is 0 Å². The number of hydrogen-bond acceptors (Lipinski definition) is 1. The summed E-state index contributed by atoms with van der Waals surface area (Å²) in [6.07, 6.45) is 1.10. The Morgan fingerprint density at radius 3 is 2.76 bits per heavy atom. The van der Waals surface area contributed by atoms with Crippen LogP contribution in [0.25, 0.3) is 0 Å². The Morgan fingerprint density at radius 2 is 2.12 bits per heavy atom. The summed E-state index contributed by atoms with van der Waals surface area (Å²) in [4.78, 5) is 12.8. The van der Waals surface area contributed by atoms with E-state index in [2.05, 4.69) is 26.0 Å². The first-order valence-electron chi connectivity index (χ1n) is 6.19. The van der Waals surface area contributed by atoms with Gasteiger partial charge in [0, 0.05) is 6.54 Å². The van der Waals surface area contributed by atoms with E-state index in [9.17, 15) is 9.90 Å². The lowest BCUT2D eigenvalue weighted by molar-refractivity contribution is 0.140. The monoisotopic (exact) mass is 233 g/mol. The van der Waals surface area contributed by atoms with E-state index in [4.69, 9.17) is 0 Å². The van der Waals surface area contributed by atoms with Crippen LogP contribution in [-0.2, 0) is 0 Å². The predicted octanol–water partition coefficient (Wildman–Crippen LogP) is 3.62. The van der Waals surface area contributed by atoms with Gasteiger partial charge in [0.15, 0.2) is 0 Å². The second kappa shape index (κ2) is 4.78. The van der Waals surface area contributed by atoms with Crippen LogP contribution in [0.15, 0.2) is 24.3 Å². The van der Waals surface area contributed by atoms with Gasteiger partial charge in [0.2, 0.25) is 0 Å². The van der Waals surface area contributed by atoms with Gasteiger partial charge in [0.25, 0.3) is 0 Å². The standard InChI is InChI=1S/C14H19NO2/c1-10(2)11-6-3-4-7-12(11)13-8-5-9-15(13)14(16)17/h3-4,6-7,10,13H,5,8-9H2,1-2H3,(H,16,17). The van der Waals surface area contributed by atoms with Gasteiger partial charge in [0.05, 0.1) is 6.04 Å². The quantitative estimate of drug-likeness (QED) is 0.847. The van der Waals surface area contributed by atoms with Gasteiger partial charge in [-0.1, -0.05) is 38.1 Å². The molecule has 1 saturated heterocycles. The van der Waals surface area contributed by atoms with E-state index in [0.29, 0.717) is 12.5 Å². The highest BCUT2D eigenvalue weighted by Gasteiger charge is 2.31. The molecule has 1 aliphatic rings. The van der Waals surface area contributed by atoms with E-state index in [-0.39, 0.29) is 6.04 Å². The minimum atomic E-state index is -0.800. The van der Waals surface area contributed by atoms with Gasteiger partial charge in [0.1, 0.15) is 0 Å². The highest BCUT2D eigenvalue weighted by molar-refractivity contribution is 5.66. The molecule has 1 heterocycles. The molecule has 0 spiro atoms. The van der Waals surface area contributed by atoms with Gasteiger partial charge in [-0.05, 0) is 29.9 Å². The predicted molar refractivity (Wildman–Crippen MR) is 67.2 cm³/mol. The smallest absolute Gasteiger partial charge is 0.407 e. The Balaban J connectivity index is 2.36. The highest BCUT2D eigenvalue weighted by atomic mass is 16.4. The van der Waals surface area contributed by atoms with Crippen LogP contribution in [0, 0.1) is 0 Å². The van der Waals surface area contributed by atoms with Crippen molar-refractivity contribution in [2.24, 2.45) is 0 Å². The molecule has 0 saturated carbocycles. The lowest BCUT2D eigenvalue weighted by atomic mass is 9.92. The maximum Gasteiger partial charge on any atom is 0.407 e. The van der Waals surface area contributed by atoms with Crippen LogP contribution in [-0.4, -0.2) is 22.6 Å². The molecule has 1 N–H and O–H groups in total. The summed E-state index contributed by atoms with van der Waals surface area (Å²) in [6, 6.07) is 8.25. The van der Waals surface area contributed by atoms with Crippen molar-refractivity contribution in [2.75, 3.05) is 6.54 Å². The first-order valence-corrected chi connectivity index (χ1v) is 6.19. The first-order chi connectivity index (χ1) is 8.11. The number of nitrogens with zero attached hydrogens (tertiary/aromatic N) is 1. The van der Waals surface area contributed by atoms with Crippen LogP contribution in [0.3, 0.4) is 0 Å². The number of hydrogen-bond donors (Lipinski definition) is 1. The van der Waals surface area contributed by atoms with Crippen molar-refractivity contribution in [3.63, 3.8) is 0 Å². The van der Waals surface area contributed by atoms with Crippen molar-refractivity contribution < 1.29 is 9.90 Å². The largest absolute Gasteiger partial charge is 0.465 e. The molecule has 3 nitrogen and oxygen atoms in total. The maximum atomic E-state index is 11.2. The maximum absolute atomic E-state index is 11.2. The molecule has 92 valence electrons. The fourth-order valence-corrected chi connectivity index (χ4v) is 2.66. The van der Waals surface area contributed by atoms with E-state index in [1.54, 1.807) is 4.90 Å². The number of carbonyl (C=O) groups is 1. The molecule has 17 heavy (non-hydrogen) atoms. The summed E-state index contributed by atoms with van der Waals surface area (Å²) in [7, 11) is 0. The average molecular weight is 233 g/mol. The Morgan fingerprint density at radius 1 is 1.41 bits per heavy atom. The van der Waals surface area contributed by atoms with Gasteiger partial charge < -0.3 is 10.0 Å². The summed E-state index contributed by atoms with van der Waals surface area (Å²) < 4.78 is 0. The molecule has 1 aromatic carbocycles. The number of benzene rings is 1. The van der Waals surface area contributed by atoms with E-state index in [0.717, 1.165) is 12.8 Å². The summed E-state index contributed by atoms with van der Waals surface area (Å²) in [5.74, 6) is 0.433. The van der Waals surface area contributed by atoms with Crippen molar-refractivity contribution in [1.82, 2.24) is 4.90 Å². The van der Waals surface area contributed by atoms with Crippen molar-refractivity contribution in [2.45, 2.75) is 38.6 Å². The topological polar surface area (TPSA) is 40.5 Å². The number of carboxylic acid groups (broad SMARTS) is 1. The third-order valence-electron chi connectivity index (χ3n) is 3.48. The Hall–Kier alpha value is -1.51. The number of amides is 1. The van der Waals surface area contributed by atoms with Crippen LogP contribution >= 0.6 is 0 Å². The molecule has 3 heteroatoms. The summed E-state index contributed by atoms with van der Waals surface area (Å²) in [6.45, 7) is 4.96. The molecular formula is C14H19NO2. The van der Waals surface area contributed by atoms with Gasteiger partial charge in [-0.25, -0.2) is 4.79 Å². The normalized spacial score (nSPS) is 19.9. The summed E-state index contributed by atoms with van der Waals surface area (Å²) in [5.41, 5.74) is 2.45. The molecule has 2 rings (SSSR count). The fourth-order valence-electron chi connectivity index (χ4n) is 2.66. The third-order valence-corrected chi connectivity index (χ3v) is 3.48. The molecule has 0 aromatic heterocycles. The summed E-state index contributed by atoms with van der Waals surface area (Å²) in [5, 5.41) is 9.20. The fraction of sp³-hybridized carbons (Fsp3) is 0.500. The highest BCUT2D eigenvalue weighted by Crippen LogP contribution is 2.35. The molecule has 1 aromatic rings. The van der Waals surface area contributed by atoms with Crippen molar-refractivity contribution >= 4 is 6.09 Å². The van der Waals surface area contributed by atoms with Gasteiger partial charge in [-0.2, -0.15) is 0 Å². The summed E-state index contributed by atoms with van der Waals surface area (Å²) >= 11 is 0. The van der Waals surface area contributed by atoms with E-state index in [1.807, 2.05) is 12.1 Å². The molecule has 0 aliphatic carbocycles. The molecular weight excluding hydrogens is 214 g/mol. The van der Waals surface area contributed by atoms with Crippen LogP contribution in [0.4, 0.5) is 4.79 Å². The lowest BCUT2D eigenvalue weighted by Crippen LogP contribution is -2.29. The van der Waals surface area contributed by atoms with Crippen LogP contribution < -0.4 is 0 Å². The Kier molecular flexibility index (Phi) is 3.36. The second-order valence-corrected chi connectivity index (χ2v) is 4.92. The van der Waals surface area contributed by atoms with E-state index in [1.165, 1.54) is 11.1 Å². The van der Waals surface area contributed by atoms with Gasteiger partial charge in [-0.15, -0.1) is 0 Å². The van der Waals surface area contributed by atoms with E-state index < -0.39 is 6.09 Å².